The Morgan fingerprint density at radius 2 is 1.19 bits per heavy atom. The Labute approximate surface area is 101 Å². The number of nitrogens with zero attached hydrogens (tertiary/aromatic N) is 2. The van der Waals surface area contributed by atoms with Gasteiger partial charge in [-0.2, -0.15) is 0 Å². The maximum atomic E-state index is 2.76. The lowest BCUT2D eigenvalue weighted by atomic mass is 10.1. The SMILES string of the molecule is CCCC(N1CCCCC1)N1CCCCC1. The molecule has 2 heterocycles. The molecule has 0 atom stereocenters. The van der Waals surface area contributed by atoms with Gasteiger partial charge in [0.1, 0.15) is 0 Å². The second kappa shape index (κ2) is 6.61. The molecule has 0 saturated carbocycles. The van der Waals surface area contributed by atoms with Crippen LogP contribution >= 0.6 is 0 Å². The molecule has 2 aliphatic rings. The number of hydrogen-bond donors (Lipinski definition) is 0. The number of likely N-dealkylation sites (tertiary alicyclic amines) is 2. The number of piperidine rings is 2. The number of rotatable bonds is 4. The summed E-state index contributed by atoms with van der Waals surface area (Å²) in [6.07, 6.45) is 12.1. The zero-order valence-electron chi connectivity index (χ0n) is 11.0. The Kier molecular flexibility index (Phi) is 5.11. The predicted octanol–water partition coefficient (Wildman–Crippen LogP) is 3.08. The van der Waals surface area contributed by atoms with E-state index < -0.39 is 0 Å². The van der Waals surface area contributed by atoms with Crippen LogP contribution in [-0.2, 0) is 0 Å². The minimum absolute atomic E-state index is 0.769. The summed E-state index contributed by atoms with van der Waals surface area (Å²) in [5.74, 6) is 0. The van der Waals surface area contributed by atoms with Crippen molar-refractivity contribution < 1.29 is 0 Å². The summed E-state index contributed by atoms with van der Waals surface area (Å²) in [6, 6.07) is 0. The Balaban J connectivity index is 1.91. The van der Waals surface area contributed by atoms with Gasteiger partial charge in [-0.1, -0.05) is 26.2 Å². The highest BCUT2D eigenvalue weighted by Gasteiger charge is 2.26. The van der Waals surface area contributed by atoms with Gasteiger partial charge in [-0.15, -0.1) is 0 Å². The Bertz CT molecular complexity index is 163. The molecule has 0 amide bonds. The smallest absolute Gasteiger partial charge is 0.0622 e. The summed E-state index contributed by atoms with van der Waals surface area (Å²) >= 11 is 0. The van der Waals surface area contributed by atoms with Gasteiger partial charge in [0.2, 0.25) is 0 Å². The fourth-order valence-corrected chi connectivity index (χ4v) is 3.29. The normalized spacial score (nSPS) is 25.1. The van der Waals surface area contributed by atoms with Crippen LogP contribution in [0.2, 0.25) is 0 Å². The zero-order valence-corrected chi connectivity index (χ0v) is 11.0. The van der Waals surface area contributed by atoms with E-state index in [2.05, 4.69) is 16.7 Å². The van der Waals surface area contributed by atoms with Gasteiger partial charge in [-0.05, 0) is 58.3 Å². The fraction of sp³-hybridized carbons (Fsp3) is 1.00. The van der Waals surface area contributed by atoms with Crippen molar-refractivity contribution in [2.24, 2.45) is 0 Å². The Morgan fingerprint density at radius 1 is 0.750 bits per heavy atom. The highest BCUT2D eigenvalue weighted by Crippen LogP contribution is 2.21. The van der Waals surface area contributed by atoms with E-state index in [1.54, 1.807) is 0 Å². The second-order valence-electron chi connectivity index (χ2n) is 5.46. The van der Waals surface area contributed by atoms with Crippen molar-refractivity contribution in [2.75, 3.05) is 26.2 Å². The Hall–Kier alpha value is -0.0800. The third-order valence-electron chi connectivity index (χ3n) is 4.17. The molecule has 0 N–H and O–H groups in total. The van der Waals surface area contributed by atoms with Crippen LogP contribution in [0.25, 0.3) is 0 Å². The molecule has 0 spiro atoms. The van der Waals surface area contributed by atoms with E-state index in [0.29, 0.717) is 0 Å². The summed E-state index contributed by atoms with van der Waals surface area (Å²) in [4.78, 5) is 5.52. The number of hydrogen-bond acceptors (Lipinski definition) is 2. The maximum absolute atomic E-state index is 2.76. The second-order valence-corrected chi connectivity index (χ2v) is 5.46. The molecule has 0 aromatic rings. The van der Waals surface area contributed by atoms with Gasteiger partial charge in [-0.25, -0.2) is 0 Å². The van der Waals surface area contributed by atoms with E-state index in [0.717, 1.165) is 6.17 Å². The van der Waals surface area contributed by atoms with Crippen molar-refractivity contribution in [1.82, 2.24) is 9.80 Å². The zero-order chi connectivity index (χ0) is 11.2. The summed E-state index contributed by atoms with van der Waals surface area (Å²) in [6.45, 7) is 7.73. The van der Waals surface area contributed by atoms with Crippen molar-refractivity contribution in [1.29, 1.82) is 0 Å². The molecule has 0 radical (unpaired) electrons. The highest BCUT2D eigenvalue weighted by atomic mass is 15.4. The molecule has 0 aromatic carbocycles. The molecule has 16 heavy (non-hydrogen) atoms. The molecule has 0 aliphatic carbocycles. The Morgan fingerprint density at radius 3 is 1.56 bits per heavy atom. The fourth-order valence-electron chi connectivity index (χ4n) is 3.29. The summed E-state index contributed by atoms with van der Waals surface area (Å²) in [5.41, 5.74) is 0. The lowest BCUT2D eigenvalue weighted by Gasteiger charge is -2.43. The molecule has 0 bridgehead atoms. The van der Waals surface area contributed by atoms with Gasteiger partial charge in [0.15, 0.2) is 0 Å². The van der Waals surface area contributed by atoms with E-state index in [-0.39, 0.29) is 0 Å². The first kappa shape index (κ1) is 12.4. The van der Waals surface area contributed by atoms with Gasteiger partial charge in [0.05, 0.1) is 6.17 Å². The highest BCUT2D eigenvalue weighted by molar-refractivity contribution is 4.78. The van der Waals surface area contributed by atoms with Crippen LogP contribution in [0.3, 0.4) is 0 Å². The summed E-state index contributed by atoms with van der Waals surface area (Å²) in [7, 11) is 0. The summed E-state index contributed by atoms with van der Waals surface area (Å²) in [5, 5.41) is 0. The molecular weight excluding hydrogens is 196 g/mol. The standard InChI is InChI=1S/C14H28N2/c1-2-9-14(15-10-5-3-6-11-15)16-12-7-4-8-13-16/h14H,2-13H2,1H3. The van der Waals surface area contributed by atoms with Crippen molar-refractivity contribution in [3.05, 3.63) is 0 Å². The minimum atomic E-state index is 0.769. The third kappa shape index (κ3) is 3.21. The van der Waals surface area contributed by atoms with Crippen molar-refractivity contribution in [3.63, 3.8) is 0 Å². The first-order valence-corrected chi connectivity index (χ1v) is 7.40. The lowest BCUT2D eigenvalue weighted by Crippen LogP contribution is -2.51. The minimum Gasteiger partial charge on any atom is -0.288 e. The van der Waals surface area contributed by atoms with E-state index in [1.807, 2.05) is 0 Å². The van der Waals surface area contributed by atoms with Gasteiger partial charge in [0.25, 0.3) is 0 Å². The maximum Gasteiger partial charge on any atom is 0.0622 e. The lowest BCUT2D eigenvalue weighted by molar-refractivity contribution is 0.0115. The van der Waals surface area contributed by atoms with Crippen molar-refractivity contribution in [3.8, 4) is 0 Å². The largest absolute Gasteiger partial charge is 0.288 e. The van der Waals surface area contributed by atoms with E-state index >= 15 is 0 Å². The first-order chi connectivity index (χ1) is 7.92. The first-order valence-electron chi connectivity index (χ1n) is 7.40. The van der Waals surface area contributed by atoms with Crippen LogP contribution in [-0.4, -0.2) is 42.1 Å². The molecule has 2 nitrogen and oxygen atoms in total. The van der Waals surface area contributed by atoms with E-state index in [4.69, 9.17) is 0 Å². The van der Waals surface area contributed by atoms with E-state index in [9.17, 15) is 0 Å². The monoisotopic (exact) mass is 224 g/mol. The molecule has 2 heteroatoms. The molecule has 2 saturated heterocycles. The molecule has 2 fully saturated rings. The van der Waals surface area contributed by atoms with Gasteiger partial charge < -0.3 is 0 Å². The van der Waals surface area contributed by atoms with Crippen LogP contribution in [0.5, 0.6) is 0 Å². The average molecular weight is 224 g/mol. The molecular formula is C14H28N2. The van der Waals surface area contributed by atoms with Crippen molar-refractivity contribution in [2.45, 2.75) is 64.5 Å². The van der Waals surface area contributed by atoms with Crippen LogP contribution < -0.4 is 0 Å². The average Bonchev–Trinajstić information content (AvgIpc) is 2.38. The van der Waals surface area contributed by atoms with Crippen LogP contribution in [0.15, 0.2) is 0 Å². The molecule has 2 rings (SSSR count). The quantitative estimate of drug-likeness (QED) is 0.724. The van der Waals surface area contributed by atoms with Gasteiger partial charge in [-0.3, -0.25) is 9.80 Å². The van der Waals surface area contributed by atoms with Gasteiger partial charge >= 0.3 is 0 Å². The van der Waals surface area contributed by atoms with Crippen LogP contribution in [0.1, 0.15) is 58.3 Å². The molecule has 2 aliphatic heterocycles. The van der Waals surface area contributed by atoms with Crippen LogP contribution in [0, 0.1) is 0 Å². The van der Waals surface area contributed by atoms with Crippen LogP contribution in [0.4, 0.5) is 0 Å². The van der Waals surface area contributed by atoms with Gasteiger partial charge in [0, 0.05) is 0 Å². The van der Waals surface area contributed by atoms with Crippen molar-refractivity contribution >= 4 is 0 Å². The molecule has 94 valence electrons. The third-order valence-corrected chi connectivity index (χ3v) is 4.17. The topological polar surface area (TPSA) is 6.48 Å². The molecule has 0 unspecified atom stereocenters. The molecule has 0 aromatic heterocycles. The summed E-state index contributed by atoms with van der Waals surface area (Å²) < 4.78 is 0. The predicted molar refractivity (Wildman–Crippen MR) is 69.5 cm³/mol. The van der Waals surface area contributed by atoms with E-state index in [1.165, 1.54) is 77.5 Å².